The predicted molar refractivity (Wildman–Crippen MR) is 133 cm³/mol. The fraction of sp³-hybridized carbons (Fsp3) is 0.400. The quantitative estimate of drug-likeness (QED) is 0.346. The molecule has 0 unspecified atom stereocenters. The zero-order valence-corrected chi connectivity index (χ0v) is 21.1. The Balaban J connectivity index is 1.16. The van der Waals surface area contributed by atoms with Gasteiger partial charge >= 0.3 is 0 Å². The molecular weight excluding hydrogens is 513 g/mol. The summed E-state index contributed by atoms with van der Waals surface area (Å²) in [5, 5.41) is 30.8. The highest BCUT2D eigenvalue weighted by atomic mass is 32.1. The maximum Gasteiger partial charge on any atom is 0.233 e. The summed E-state index contributed by atoms with van der Waals surface area (Å²) in [5.74, 6) is 0.232. The van der Waals surface area contributed by atoms with E-state index in [1.165, 1.54) is 45.3 Å². The summed E-state index contributed by atoms with van der Waals surface area (Å²) in [6.07, 6.45) is 7.83. The Hall–Kier alpha value is -2.68. The third kappa shape index (κ3) is 5.87. The number of hydrogen-bond donors (Lipinski definition) is 2. The molecule has 4 aromatic rings. The minimum absolute atomic E-state index is 0.141. The number of carbonyl (C=O) groups is 2. The Kier molecular flexibility index (Phi) is 7.27. The number of thiazole rings is 2. The molecule has 0 radical (unpaired) electrons. The van der Waals surface area contributed by atoms with E-state index in [4.69, 9.17) is 0 Å². The highest BCUT2D eigenvalue weighted by Gasteiger charge is 2.29. The molecule has 1 saturated carbocycles. The van der Waals surface area contributed by atoms with E-state index < -0.39 is 0 Å². The first-order valence-corrected chi connectivity index (χ1v) is 14.0. The number of amides is 2. The number of hydrogen-bond acceptors (Lipinski definition) is 12. The van der Waals surface area contributed by atoms with Gasteiger partial charge in [-0.3, -0.25) is 9.59 Å². The van der Waals surface area contributed by atoms with Crippen molar-refractivity contribution >= 4 is 67.4 Å². The van der Waals surface area contributed by atoms with Crippen LogP contribution in [0.15, 0.2) is 23.2 Å². The minimum Gasteiger partial charge on any atom is -0.300 e. The summed E-state index contributed by atoms with van der Waals surface area (Å²) >= 11 is 5.76. The lowest BCUT2D eigenvalue weighted by Gasteiger charge is -2.25. The Morgan fingerprint density at radius 2 is 1.29 bits per heavy atom. The van der Waals surface area contributed by atoms with Crippen molar-refractivity contribution in [3.05, 3.63) is 43.2 Å². The predicted octanol–water partition coefficient (Wildman–Crippen LogP) is 4.11. The lowest BCUT2D eigenvalue weighted by atomic mass is 9.82. The van der Waals surface area contributed by atoms with E-state index in [9.17, 15) is 9.59 Å². The van der Waals surface area contributed by atoms with Gasteiger partial charge in [-0.25, -0.2) is 9.97 Å². The van der Waals surface area contributed by atoms with Crippen LogP contribution in [0.25, 0.3) is 0 Å². The second-order valence-electron chi connectivity index (χ2n) is 7.75. The van der Waals surface area contributed by atoms with Crippen LogP contribution in [0.3, 0.4) is 0 Å². The summed E-state index contributed by atoms with van der Waals surface area (Å²) in [6.45, 7) is 0. The van der Waals surface area contributed by atoms with Gasteiger partial charge in [-0.05, 0) is 19.3 Å². The van der Waals surface area contributed by atoms with Gasteiger partial charge < -0.3 is 10.6 Å². The van der Waals surface area contributed by atoms with Crippen molar-refractivity contribution in [3.63, 3.8) is 0 Å². The zero-order valence-electron chi connectivity index (χ0n) is 17.8. The molecule has 2 N–H and O–H groups in total. The molecule has 10 nitrogen and oxygen atoms in total. The standard InChI is InChI=1S/C20H20N8O2S4/c29-13(9-15-21-4-6-31-15)23-19-27-25-17(33-19)11-2-1-3-12(8-11)18-26-28-20(34-18)24-14(30)10-16-22-5-7-32-16/h4-7,11-12H,1-3,8-10H2,(H,23,27,29)(H,24,28,30)/t11-,12-/m1/s1. The molecule has 0 aliphatic heterocycles. The van der Waals surface area contributed by atoms with E-state index in [2.05, 4.69) is 41.0 Å². The van der Waals surface area contributed by atoms with Crippen LogP contribution in [-0.4, -0.2) is 42.2 Å². The molecule has 0 spiro atoms. The number of nitrogens with zero attached hydrogens (tertiary/aromatic N) is 6. The smallest absolute Gasteiger partial charge is 0.233 e. The van der Waals surface area contributed by atoms with Crippen molar-refractivity contribution in [2.45, 2.75) is 50.4 Å². The molecule has 2 atom stereocenters. The zero-order chi connectivity index (χ0) is 23.3. The van der Waals surface area contributed by atoms with Crippen LogP contribution < -0.4 is 10.6 Å². The average molecular weight is 533 g/mol. The third-order valence-electron chi connectivity index (χ3n) is 5.34. The Bertz CT molecular complexity index is 1140. The second kappa shape index (κ2) is 10.7. The third-order valence-corrected chi connectivity index (χ3v) is 8.90. The van der Waals surface area contributed by atoms with Crippen LogP contribution in [0.5, 0.6) is 0 Å². The molecule has 4 aromatic heterocycles. The average Bonchev–Trinajstić information content (AvgIpc) is 3.63. The number of aromatic nitrogens is 6. The Labute approximate surface area is 210 Å². The normalized spacial score (nSPS) is 18.0. The summed E-state index contributed by atoms with van der Waals surface area (Å²) in [6, 6.07) is 0. The van der Waals surface area contributed by atoms with Crippen molar-refractivity contribution in [2.75, 3.05) is 10.6 Å². The SMILES string of the molecule is O=C(Cc1nccs1)Nc1nnc([C@@H]2CCC[C@@H](c3nnc(NC(=O)Cc4nccs4)s3)C2)s1. The van der Waals surface area contributed by atoms with Gasteiger partial charge in [0.25, 0.3) is 0 Å². The summed E-state index contributed by atoms with van der Waals surface area (Å²) in [4.78, 5) is 32.7. The number of carbonyl (C=O) groups excluding carboxylic acids is 2. The molecule has 1 aliphatic carbocycles. The molecule has 34 heavy (non-hydrogen) atoms. The van der Waals surface area contributed by atoms with Gasteiger partial charge in [0, 0.05) is 35.0 Å². The molecular formula is C20H20N8O2S4. The lowest BCUT2D eigenvalue weighted by Crippen LogP contribution is -2.14. The fourth-order valence-electron chi connectivity index (χ4n) is 3.82. The van der Waals surface area contributed by atoms with Gasteiger partial charge in [0.05, 0.1) is 12.8 Å². The van der Waals surface area contributed by atoms with E-state index in [-0.39, 0.29) is 36.5 Å². The van der Waals surface area contributed by atoms with Gasteiger partial charge in [0.1, 0.15) is 20.0 Å². The maximum atomic E-state index is 12.2. The number of rotatable bonds is 8. The van der Waals surface area contributed by atoms with Crippen LogP contribution in [0.2, 0.25) is 0 Å². The van der Waals surface area contributed by atoms with Crippen LogP contribution >= 0.6 is 45.3 Å². The molecule has 4 heterocycles. The van der Waals surface area contributed by atoms with E-state index >= 15 is 0 Å². The van der Waals surface area contributed by atoms with Crippen LogP contribution in [-0.2, 0) is 22.4 Å². The van der Waals surface area contributed by atoms with Crippen molar-refractivity contribution in [2.24, 2.45) is 0 Å². The van der Waals surface area contributed by atoms with Crippen LogP contribution in [0, 0.1) is 0 Å². The first kappa shape index (κ1) is 23.1. The number of nitrogens with one attached hydrogen (secondary N) is 2. The molecule has 1 fully saturated rings. The van der Waals surface area contributed by atoms with Crippen molar-refractivity contribution < 1.29 is 9.59 Å². The van der Waals surface area contributed by atoms with Gasteiger partial charge in [0.2, 0.25) is 22.1 Å². The van der Waals surface area contributed by atoms with E-state index in [0.29, 0.717) is 10.3 Å². The largest absolute Gasteiger partial charge is 0.300 e. The van der Waals surface area contributed by atoms with Crippen LogP contribution in [0.1, 0.15) is 57.5 Å². The van der Waals surface area contributed by atoms with Crippen LogP contribution in [0.4, 0.5) is 10.3 Å². The molecule has 14 heteroatoms. The van der Waals surface area contributed by atoms with E-state index in [0.717, 1.165) is 45.7 Å². The molecule has 0 aromatic carbocycles. The highest BCUT2D eigenvalue weighted by molar-refractivity contribution is 7.16. The van der Waals surface area contributed by atoms with Gasteiger partial charge in [-0.2, -0.15) is 0 Å². The summed E-state index contributed by atoms with van der Waals surface area (Å²) in [7, 11) is 0. The van der Waals surface area contributed by atoms with Crippen molar-refractivity contribution in [1.29, 1.82) is 0 Å². The first-order valence-electron chi connectivity index (χ1n) is 10.7. The van der Waals surface area contributed by atoms with Gasteiger partial charge in [-0.1, -0.05) is 29.1 Å². The summed E-state index contributed by atoms with van der Waals surface area (Å²) in [5.41, 5.74) is 0. The molecule has 176 valence electrons. The van der Waals surface area contributed by atoms with E-state index in [1.54, 1.807) is 12.4 Å². The van der Waals surface area contributed by atoms with Crippen molar-refractivity contribution in [3.8, 4) is 0 Å². The van der Waals surface area contributed by atoms with Gasteiger partial charge in [0.15, 0.2) is 0 Å². The molecule has 0 bridgehead atoms. The second-order valence-corrected chi connectivity index (χ2v) is 11.7. The Morgan fingerprint density at radius 3 is 1.74 bits per heavy atom. The van der Waals surface area contributed by atoms with Gasteiger partial charge in [-0.15, -0.1) is 43.1 Å². The summed E-state index contributed by atoms with van der Waals surface area (Å²) < 4.78 is 0. The first-order chi connectivity index (χ1) is 16.6. The molecule has 2 amide bonds. The number of anilines is 2. The molecule has 1 aliphatic rings. The lowest BCUT2D eigenvalue weighted by molar-refractivity contribution is -0.116. The topological polar surface area (TPSA) is 136 Å². The minimum atomic E-state index is -0.141. The maximum absolute atomic E-state index is 12.2. The van der Waals surface area contributed by atoms with E-state index in [1.807, 2.05) is 10.8 Å². The highest BCUT2D eigenvalue weighted by Crippen LogP contribution is 2.43. The molecule has 0 saturated heterocycles. The fourth-order valence-corrected chi connectivity index (χ4v) is 6.86. The monoisotopic (exact) mass is 532 g/mol. The van der Waals surface area contributed by atoms with Crippen molar-refractivity contribution in [1.82, 2.24) is 30.4 Å². The molecule has 5 rings (SSSR count). The Morgan fingerprint density at radius 1 is 0.794 bits per heavy atom.